The van der Waals surface area contributed by atoms with Gasteiger partial charge in [0, 0.05) is 15.1 Å². The Morgan fingerprint density at radius 2 is 1.89 bits per heavy atom. The molecule has 0 N–H and O–H groups in total. The molecule has 0 aliphatic rings. The van der Waals surface area contributed by atoms with Gasteiger partial charge in [0.05, 0.1) is 5.56 Å². The Balaban J connectivity index is 2.51. The third-order valence-electron chi connectivity index (χ3n) is 2.54. The Morgan fingerprint density at radius 1 is 1.17 bits per heavy atom. The lowest BCUT2D eigenvalue weighted by molar-refractivity contribution is 0.103. The summed E-state index contributed by atoms with van der Waals surface area (Å²) in [5.74, 6) is -0.882. The van der Waals surface area contributed by atoms with Crippen LogP contribution in [0.1, 0.15) is 21.5 Å². The highest BCUT2D eigenvalue weighted by atomic mass is 79.9. The van der Waals surface area contributed by atoms with Crippen molar-refractivity contribution < 1.29 is 9.18 Å². The van der Waals surface area contributed by atoms with Crippen molar-refractivity contribution in [2.24, 2.45) is 0 Å². The van der Waals surface area contributed by atoms with Gasteiger partial charge in [-0.05, 0) is 53.2 Å². The van der Waals surface area contributed by atoms with Gasteiger partial charge in [0.1, 0.15) is 5.82 Å². The van der Waals surface area contributed by atoms with Gasteiger partial charge in [0.2, 0.25) is 0 Å². The zero-order valence-corrected chi connectivity index (χ0v) is 11.8. The van der Waals surface area contributed by atoms with Crippen LogP contribution in [0.5, 0.6) is 0 Å². The summed E-state index contributed by atoms with van der Waals surface area (Å²) in [6.07, 6.45) is 0. The molecule has 0 heterocycles. The van der Waals surface area contributed by atoms with Crippen molar-refractivity contribution in [2.75, 3.05) is 0 Å². The predicted molar refractivity (Wildman–Crippen MR) is 73.7 cm³/mol. The Bertz CT molecular complexity index is 625. The summed E-state index contributed by atoms with van der Waals surface area (Å²) in [4.78, 5) is 12.2. The summed E-state index contributed by atoms with van der Waals surface area (Å²) >= 11 is 9.07. The highest BCUT2D eigenvalue weighted by Crippen LogP contribution is 2.25. The van der Waals surface area contributed by atoms with Gasteiger partial charge >= 0.3 is 0 Å². The zero-order chi connectivity index (χ0) is 13.3. The summed E-state index contributed by atoms with van der Waals surface area (Å²) in [7, 11) is 0. The second-order valence-electron chi connectivity index (χ2n) is 3.94. The van der Waals surface area contributed by atoms with Gasteiger partial charge < -0.3 is 0 Å². The molecule has 0 aliphatic heterocycles. The first-order valence-electron chi connectivity index (χ1n) is 5.25. The van der Waals surface area contributed by atoms with Gasteiger partial charge in [-0.3, -0.25) is 4.79 Å². The molecule has 0 saturated heterocycles. The molecule has 2 rings (SSSR count). The van der Waals surface area contributed by atoms with Crippen molar-refractivity contribution in [3.63, 3.8) is 0 Å². The zero-order valence-electron chi connectivity index (χ0n) is 9.51. The molecule has 0 unspecified atom stereocenters. The van der Waals surface area contributed by atoms with Crippen LogP contribution in [0.4, 0.5) is 4.39 Å². The number of ketones is 1. The van der Waals surface area contributed by atoms with Crippen LogP contribution in [0.2, 0.25) is 5.02 Å². The molecular formula is C14H9BrClFO. The van der Waals surface area contributed by atoms with E-state index in [2.05, 4.69) is 15.9 Å². The van der Waals surface area contributed by atoms with Gasteiger partial charge in [-0.25, -0.2) is 4.39 Å². The lowest BCUT2D eigenvalue weighted by atomic mass is 10.0. The minimum atomic E-state index is -0.521. The molecule has 2 aromatic rings. The van der Waals surface area contributed by atoms with E-state index >= 15 is 0 Å². The molecule has 4 heteroatoms. The van der Waals surface area contributed by atoms with Gasteiger partial charge in [-0.1, -0.05) is 23.2 Å². The van der Waals surface area contributed by atoms with Crippen LogP contribution in [0, 0.1) is 12.7 Å². The number of hydrogen-bond acceptors (Lipinski definition) is 1. The normalized spacial score (nSPS) is 10.4. The molecule has 0 radical (unpaired) electrons. The number of rotatable bonds is 2. The summed E-state index contributed by atoms with van der Waals surface area (Å²) in [5, 5.41) is 0.517. The van der Waals surface area contributed by atoms with E-state index in [4.69, 9.17) is 11.6 Å². The lowest BCUT2D eigenvalue weighted by Gasteiger charge is -2.06. The molecular weight excluding hydrogens is 319 g/mol. The van der Waals surface area contributed by atoms with Crippen LogP contribution >= 0.6 is 27.5 Å². The summed E-state index contributed by atoms with van der Waals surface area (Å²) in [6.45, 7) is 1.81. The minimum Gasteiger partial charge on any atom is -0.288 e. The van der Waals surface area contributed by atoms with E-state index in [9.17, 15) is 9.18 Å². The first-order chi connectivity index (χ1) is 8.49. The van der Waals surface area contributed by atoms with Crippen LogP contribution < -0.4 is 0 Å². The Labute approximate surface area is 118 Å². The Morgan fingerprint density at radius 3 is 2.56 bits per heavy atom. The third-order valence-corrected chi connectivity index (χ3v) is 3.43. The van der Waals surface area contributed by atoms with Crippen LogP contribution in [-0.2, 0) is 0 Å². The van der Waals surface area contributed by atoms with Crippen molar-refractivity contribution in [2.45, 2.75) is 6.92 Å². The summed E-state index contributed by atoms with van der Waals surface area (Å²) in [6, 6.07) is 9.26. The maximum atomic E-state index is 13.7. The largest absolute Gasteiger partial charge is 0.288 e. The number of carbonyl (C=O) groups is 1. The monoisotopic (exact) mass is 326 g/mol. The fourth-order valence-corrected chi connectivity index (χ4v) is 2.49. The average Bonchev–Trinajstić information content (AvgIpc) is 2.31. The van der Waals surface area contributed by atoms with Crippen LogP contribution in [0.25, 0.3) is 0 Å². The molecule has 0 aliphatic carbocycles. The summed E-state index contributed by atoms with van der Waals surface area (Å²) < 4.78 is 14.2. The SMILES string of the molecule is Cc1ccc(F)c(C(=O)c2ccc(Cl)cc2Br)c1. The van der Waals surface area contributed by atoms with E-state index in [1.807, 2.05) is 6.92 Å². The average molecular weight is 328 g/mol. The third kappa shape index (κ3) is 2.62. The molecule has 0 fully saturated rings. The standard InChI is InChI=1S/C14H9BrClFO/c1-8-2-5-13(17)11(6-8)14(18)10-4-3-9(16)7-12(10)15/h2-7H,1H3. The number of carbonyl (C=O) groups excluding carboxylic acids is 1. The van der Waals surface area contributed by atoms with Crippen LogP contribution in [0.15, 0.2) is 40.9 Å². The topological polar surface area (TPSA) is 17.1 Å². The van der Waals surface area contributed by atoms with E-state index < -0.39 is 5.82 Å². The molecule has 0 bridgehead atoms. The predicted octanol–water partition coefficient (Wildman–Crippen LogP) is 4.78. The van der Waals surface area contributed by atoms with E-state index in [0.29, 0.717) is 15.1 Å². The van der Waals surface area contributed by atoms with Gasteiger partial charge in [0.15, 0.2) is 5.78 Å². The molecule has 0 saturated carbocycles. The molecule has 0 amide bonds. The highest BCUT2D eigenvalue weighted by molar-refractivity contribution is 9.10. The number of benzene rings is 2. The van der Waals surface area contributed by atoms with E-state index in [-0.39, 0.29) is 11.3 Å². The lowest BCUT2D eigenvalue weighted by Crippen LogP contribution is -2.05. The second-order valence-corrected chi connectivity index (χ2v) is 5.23. The van der Waals surface area contributed by atoms with Gasteiger partial charge in [0.25, 0.3) is 0 Å². The summed E-state index contributed by atoms with van der Waals surface area (Å²) in [5.41, 5.74) is 1.30. The Kier molecular flexibility index (Phi) is 3.83. The number of halogens is 3. The fraction of sp³-hybridized carbons (Fsp3) is 0.0714. The fourth-order valence-electron chi connectivity index (χ4n) is 1.63. The molecule has 0 spiro atoms. The molecule has 18 heavy (non-hydrogen) atoms. The molecule has 92 valence electrons. The molecule has 0 aromatic heterocycles. The van der Waals surface area contributed by atoms with E-state index in [1.54, 1.807) is 30.3 Å². The maximum Gasteiger partial charge on any atom is 0.197 e. The second kappa shape index (κ2) is 5.21. The van der Waals surface area contributed by atoms with Crippen molar-refractivity contribution >= 4 is 33.3 Å². The van der Waals surface area contributed by atoms with Gasteiger partial charge in [-0.2, -0.15) is 0 Å². The minimum absolute atomic E-state index is 0.0676. The van der Waals surface area contributed by atoms with Crippen molar-refractivity contribution in [3.05, 3.63) is 68.4 Å². The van der Waals surface area contributed by atoms with E-state index in [1.165, 1.54) is 6.07 Å². The first-order valence-corrected chi connectivity index (χ1v) is 6.42. The van der Waals surface area contributed by atoms with Crippen molar-refractivity contribution in [3.8, 4) is 0 Å². The molecule has 0 atom stereocenters. The molecule has 1 nitrogen and oxygen atoms in total. The highest BCUT2D eigenvalue weighted by Gasteiger charge is 2.16. The van der Waals surface area contributed by atoms with E-state index in [0.717, 1.165) is 5.56 Å². The quantitative estimate of drug-likeness (QED) is 0.725. The first kappa shape index (κ1) is 13.2. The van der Waals surface area contributed by atoms with Crippen molar-refractivity contribution in [1.29, 1.82) is 0 Å². The molecule has 2 aromatic carbocycles. The number of aryl methyl sites for hydroxylation is 1. The number of hydrogen-bond donors (Lipinski definition) is 0. The smallest absolute Gasteiger partial charge is 0.197 e. The van der Waals surface area contributed by atoms with Gasteiger partial charge in [-0.15, -0.1) is 0 Å². The Hall–Kier alpha value is -1.19. The van der Waals surface area contributed by atoms with Crippen LogP contribution in [-0.4, -0.2) is 5.78 Å². The maximum absolute atomic E-state index is 13.7. The van der Waals surface area contributed by atoms with Crippen molar-refractivity contribution in [1.82, 2.24) is 0 Å². The van der Waals surface area contributed by atoms with Crippen LogP contribution in [0.3, 0.4) is 0 Å².